The molecule has 1 atom stereocenters. The van der Waals surface area contributed by atoms with E-state index < -0.39 is 6.04 Å². The average Bonchev–Trinajstić information content (AvgIpc) is 3.48. The second-order valence-electron chi connectivity index (χ2n) is 7.82. The Labute approximate surface area is 190 Å². The molecule has 1 amide bonds. The van der Waals surface area contributed by atoms with Crippen molar-refractivity contribution in [1.29, 1.82) is 0 Å². The smallest absolute Gasteiger partial charge is 0.243 e. The largest absolute Gasteiger partial charge is 0.350 e. The molecule has 2 heterocycles. The van der Waals surface area contributed by atoms with Crippen LogP contribution in [0.1, 0.15) is 18.5 Å². The molecule has 0 aliphatic carbocycles. The number of amides is 1. The third-order valence-electron chi connectivity index (χ3n) is 5.66. The van der Waals surface area contributed by atoms with Crippen LogP contribution in [-0.2, 0) is 11.3 Å². The first kappa shape index (κ1) is 20.6. The molecule has 164 valence electrons. The zero-order chi connectivity index (χ0) is 22.8. The lowest BCUT2D eigenvalue weighted by Gasteiger charge is -2.14. The Balaban J connectivity index is 1.41. The molecule has 0 radical (unpaired) electrons. The van der Waals surface area contributed by atoms with E-state index in [0.29, 0.717) is 5.69 Å². The minimum absolute atomic E-state index is 0.129. The topological polar surface area (TPSA) is 64.7 Å². The SMILES string of the molecule is CC(C(=O)NCc1cn(-c2ccccc2)nc1-c1ccc(F)cc1)n1cnc2ccccc21. The van der Waals surface area contributed by atoms with Crippen LogP contribution in [0, 0.1) is 5.82 Å². The number of halogens is 1. The normalized spacial score (nSPS) is 12.1. The summed E-state index contributed by atoms with van der Waals surface area (Å²) in [7, 11) is 0. The molecule has 1 N–H and O–H groups in total. The highest BCUT2D eigenvalue weighted by molar-refractivity contribution is 5.83. The van der Waals surface area contributed by atoms with E-state index in [1.54, 1.807) is 23.1 Å². The minimum Gasteiger partial charge on any atom is -0.350 e. The lowest BCUT2D eigenvalue weighted by molar-refractivity contribution is -0.123. The zero-order valence-electron chi connectivity index (χ0n) is 18.0. The van der Waals surface area contributed by atoms with Crippen molar-refractivity contribution in [2.75, 3.05) is 0 Å². The summed E-state index contributed by atoms with van der Waals surface area (Å²) in [6, 6.07) is 23.2. The van der Waals surface area contributed by atoms with Gasteiger partial charge in [-0.25, -0.2) is 14.1 Å². The van der Waals surface area contributed by atoms with Crippen LogP contribution >= 0.6 is 0 Å². The van der Waals surface area contributed by atoms with Gasteiger partial charge in [0.2, 0.25) is 5.91 Å². The molecule has 7 heteroatoms. The number of benzene rings is 3. The predicted molar refractivity (Wildman–Crippen MR) is 125 cm³/mol. The minimum atomic E-state index is -0.434. The lowest BCUT2D eigenvalue weighted by atomic mass is 10.1. The van der Waals surface area contributed by atoms with Crippen molar-refractivity contribution < 1.29 is 9.18 Å². The Morgan fingerprint density at radius 1 is 1.00 bits per heavy atom. The first-order valence-electron chi connectivity index (χ1n) is 10.7. The van der Waals surface area contributed by atoms with E-state index in [1.807, 2.05) is 72.3 Å². The number of para-hydroxylation sites is 3. The number of imidazole rings is 1. The summed E-state index contributed by atoms with van der Waals surface area (Å²) < 4.78 is 17.1. The summed E-state index contributed by atoms with van der Waals surface area (Å²) in [5.74, 6) is -0.437. The fraction of sp³-hybridized carbons (Fsp3) is 0.115. The van der Waals surface area contributed by atoms with Crippen molar-refractivity contribution in [2.45, 2.75) is 19.5 Å². The average molecular weight is 439 g/mol. The predicted octanol–water partition coefficient (Wildman–Crippen LogP) is 4.91. The van der Waals surface area contributed by atoms with E-state index in [0.717, 1.165) is 27.8 Å². The van der Waals surface area contributed by atoms with Gasteiger partial charge in [0, 0.05) is 23.9 Å². The third kappa shape index (κ3) is 4.13. The Hall–Kier alpha value is -4.26. The standard InChI is InChI=1S/C26H22FN5O/c1-18(31-17-29-23-9-5-6-10-24(23)31)26(33)28-15-20-16-32(22-7-3-2-4-8-22)30-25(20)19-11-13-21(27)14-12-19/h2-14,16-18H,15H2,1H3,(H,28,33). The number of nitrogens with one attached hydrogen (secondary N) is 1. The number of fused-ring (bicyclic) bond motifs is 1. The number of rotatable bonds is 6. The first-order valence-corrected chi connectivity index (χ1v) is 10.7. The van der Waals surface area contributed by atoms with E-state index in [1.165, 1.54) is 12.1 Å². The molecule has 0 saturated heterocycles. The molecule has 0 bridgehead atoms. The van der Waals surface area contributed by atoms with Gasteiger partial charge < -0.3 is 9.88 Å². The van der Waals surface area contributed by atoms with Crippen molar-refractivity contribution in [3.8, 4) is 16.9 Å². The molecular formula is C26H22FN5O. The van der Waals surface area contributed by atoms with Crippen LogP contribution in [0.15, 0.2) is 91.4 Å². The highest BCUT2D eigenvalue weighted by Crippen LogP contribution is 2.24. The molecule has 33 heavy (non-hydrogen) atoms. The summed E-state index contributed by atoms with van der Waals surface area (Å²) in [4.78, 5) is 17.4. The van der Waals surface area contributed by atoms with E-state index in [4.69, 9.17) is 5.10 Å². The number of nitrogens with zero attached hydrogens (tertiary/aromatic N) is 4. The van der Waals surface area contributed by atoms with Crippen molar-refractivity contribution in [2.24, 2.45) is 0 Å². The molecule has 0 aliphatic heterocycles. The maximum atomic E-state index is 13.5. The van der Waals surface area contributed by atoms with Gasteiger partial charge in [0.25, 0.3) is 0 Å². The molecule has 0 fully saturated rings. The molecule has 0 aliphatic rings. The Bertz CT molecular complexity index is 1410. The molecule has 0 saturated carbocycles. The van der Waals surface area contributed by atoms with Gasteiger partial charge in [0.15, 0.2) is 0 Å². The second-order valence-corrected chi connectivity index (χ2v) is 7.82. The molecule has 5 rings (SSSR count). The lowest BCUT2D eigenvalue weighted by Crippen LogP contribution is -2.30. The van der Waals surface area contributed by atoms with E-state index in [9.17, 15) is 9.18 Å². The monoisotopic (exact) mass is 439 g/mol. The van der Waals surface area contributed by atoms with Crippen LogP contribution in [0.3, 0.4) is 0 Å². The van der Waals surface area contributed by atoms with Crippen LogP contribution in [0.5, 0.6) is 0 Å². The summed E-state index contributed by atoms with van der Waals surface area (Å²) in [6.07, 6.45) is 3.58. The van der Waals surface area contributed by atoms with E-state index >= 15 is 0 Å². The molecular weight excluding hydrogens is 417 g/mol. The number of aromatic nitrogens is 4. The Morgan fingerprint density at radius 3 is 2.52 bits per heavy atom. The van der Waals surface area contributed by atoms with Gasteiger partial charge in [0.05, 0.1) is 28.7 Å². The Morgan fingerprint density at radius 2 is 1.73 bits per heavy atom. The van der Waals surface area contributed by atoms with Gasteiger partial charge in [-0.05, 0) is 55.5 Å². The van der Waals surface area contributed by atoms with E-state index in [-0.39, 0.29) is 18.3 Å². The maximum absolute atomic E-state index is 13.5. The number of hydrogen-bond donors (Lipinski definition) is 1. The van der Waals surface area contributed by atoms with Crippen LogP contribution in [0.25, 0.3) is 28.0 Å². The number of hydrogen-bond acceptors (Lipinski definition) is 3. The van der Waals surface area contributed by atoms with Crippen LogP contribution < -0.4 is 5.32 Å². The highest BCUT2D eigenvalue weighted by atomic mass is 19.1. The van der Waals surface area contributed by atoms with Gasteiger partial charge in [0.1, 0.15) is 11.9 Å². The van der Waals surface area contributed by atoms with E-state index in [2.05, 4.69) is 10.3 Å². The molecule has 5 aromatic rings. The molecule has 6 nitrogen and oxygen atoms in total. The number of carbonyl (C=O) groups excluding carboxylic acids is 1. The summed E-state index contributed by atoms with van der Waals surface area (Å²) >= 11 is 0. The molecule has 3 aromatic carbocycles. The highest BCUT2D eigenvalue weighted by Gasteiger charge is 2.19. The zero-order valence-corrected chi connectivity index (χ0v) is 18.0. The van der Waals surface area contributed by atoms with Crippen molar-refractivity contribution >= 4 is 16.9 Å². The fourth-order valence-electron chi connectivity index (χ4n) is 3.85. The van der Waals surface area contributed by atoms with Gasteiger partial charge in [-0.15, -0.1) is 0 Å². The van der Waals surface area contributed by atoms with Crippen molar-refractivity contribution in [3.05, 3.63) is 103 Å². The van der Waals surface area contributed by atoms with Gasteiger partial charge in [-0.1, -0.05) is 30.3 Å². The quantitative estimate of drug-likeness (QED) is 0.409. The van der Waals surface area contributed by atoms with Gasteiger partial charge in [-0.2, -0.15) is 5.10 Å². The first-order chi connectivity index (χ1) is 16.1. The van der Waals surface area contributed by atoms with Crippen LogP contribution in [0.4, 0.5) is 4.39 Å². The maximum Gasteiger partial charge on any atom is 0.243 e. The van der Waals surface area contributed by atoms with Crippen molar-refractivity contribution in [1.82, 2.24) is 24.6 Å². The van der Waals surface area contributed by atoms with Gasteiger partial charge >= 0.3 is 0 Å². The summed E-state index contributed by atoms with van der Waals surface area (Å²) in [5.41, 5.74) is 4.96. The fourth-order valence-corrected chi connectivity index (χ4v) is 3.85. The van der Waals surface area contributed by atoms with Crippen LogP contribution in [0.2, 0.25) is 0 Å². The second kappa shape index (κ2) is 8.70. The number of carbonyl (C=O) groups is 1. The molecule has 1 unspecified atom stereocenters. The van der Waals surface area contributed by atoms with Crippen LogP contribution in [-0.4, -0.2) is 25.2 Å². The van der Waals surface area contributed by atoms with Crippen molar-refractivity contribution in [3.63, 3.8) is 0 Å². The Kier molecular flexibility index (Phi) is 5.44. The third-order valence-corrected chi connectivity index (χ3v) is 5.66. The summed E-state index contributed by atoms with van der Waals surface area (Å²) in [6.45, 7) is 2.13. The summed E-state index contributed by atoms with van der Waals surface area (Å²) in [5, 5.41) is 7.74. The van der Waals surface area contributed by atoms with Gasteiger partial charge in [-0.3, -0.25) is 4.79 Å². The molecule has 0 spiro atoms. The molecule has 2 aromatic heterocycles.